The number of carbonyl (C=O) groups excluding carboxylic acids is 1. The highest BCUT2D eigenvalue weighted by Crippen LogP contribution is 2.25. The van der Waals surface area contributed by atoms with Gasteiger partial charge in [0.25, 0.3) is 0 Å². The molecule has 0 aromatic heterocycles. The van der Waals surface area contributed by atoms with Crippen LogP contribution in [0.25, 0.3) is 0 Å². The molecule has 0 saturated carbocycles. The zero-order valence-electron chi connectivity index (χ0n) is 9.59. The predicted molar refractivity (Wildman–Crippen MR) is 65.7 cm³/mol. The van der Waals surface area contributed by atoms with Crippen LogP contribution in [0, 0.1) is 12.7 Å². The highest BCUT2D eigenvalue weighted by molar-refractivity contribution is 6.33. The first-order chi connectivity index (χ1) is 8.04. The van der Waals surface area contributed by atoms with E-state index in [1.54, 1.807) is 6.92 Å². The summed E-state index contributed by atoms with van der Waals surface area (Å²) in [5.74, 6) is -0.584. The van der Waals surface area contributed by atoms with Gasteiger partial charge in [0.2, 0.25) is 5.91 Å². The number of hydrogen-bond donors (Lipinski definition) is 2. The fourth-order valence-electron chi connectivity index (χ4n) is 1.36. The van der Waals surface area contributed by atoms with Gasteiger partial charge in [-0.05, 0) is 37.5 Å². The highest BCUT2D eigenvalue weighted by atomic mass is 35.5. The maximum Gasteiger partial charge on any atom is 0.224 e. The summed E-state index contributed by atoms with van der Waals surface area (Å²) in [5, 5.41) is 11.4. The Balaban J connectivity index is 2.62. The number of amides is 1. The molecule has 94 valence electrons. The van der Waals surface area contributed by atoms with Gasteiger partial charge in [0.1, 0.15) is 5.82 Å². The van der Waals surface area contributed by atoms with Crippen molar-refractivity contribution in [1.82, 2.24) is 0 Å². The third kappa shape index (κ3) is 4.32. The molecule has 0 aliphatic carbocycles. The van der Waals surface area contributed by atoms with Crippen molar-refractivity contribution in [1.29, 1.82) is 0 Å². The van der Waals surface area contributed by atoms with Crippen LogP contribution in [0.5, 0.6) is 0 Å². The van der Waals surface area contributed by atoms with Crippen molar-refractivity contribution in [3.8, 4) is 0 Å². The van der Waals surface area contributed by atoms with E-state index < -0.39 is 5.82 Å². The van der Waals surface area contributed by atoms with Crippen molar-refractivity contribution >= 4 is 23.2 Å². The van der Waals surface area contributed by atoms with Gasteiger partial charge in [0.15, 0.2) is 0 Å². The number of unbranched alkanes of at least 4 members (excludes halogenated alkanes) is 1. The molecule has 17 heavy (non-hydrogen) atoms. The standard InChI is InChI=1S/C12H15ClFNO2/c1-8-6-11(9(13)7-10(8)14)15-12(17)4-2-3-5-16/h6-7,16H,2-5H2,1H3,(H,15,17). The van der Waals surface area contributed by atoms with Crippen molar-refractivity contribution in [3.63, 3.8) is 0 Å². The van der Waals surface area contributed by atoms with Crippen LogP contribution in [0.1, 0.15) is 24.8 Å². The minimum Gasteiger partial charge on any atom is -0.396 e. The summed E-state index contributed by atoms with van der Waals surface area (Å²) in [5.41, 5.74) is 0.847. The van der Waals surface area contributed by atoms with E-state index in [2.05, 4.69) is 5.32 Å². The van der Waals surface area contributed by atoms with Crippen LogP contribution in [0.3, 0.4) is 0 Å². The number of anilines is 1. The summed E-state index contributed by atoms with van der Waals surface area (Å²) in [6, 6.07) is 2.68. The Bertz CT molecular complexity index is 410. The molecule has 0 radical (unpaired) electrons. The Labute approximate surface area is 105 Å². The number of aryl methyl sites for hydroxylation is 1. The Morgan fingerprint density at radius 1 is 1.47 bits per heavy atom. The average molecular weight is 260 g/mol. The first-order valence-electron chi connectivity index (χ1n) is 5.41. The highest BCUT2D eigenvalue weighted by Gasteiger charge is 2.08. The first kappa shape index (κ1) is 13.9. The fraction of sp³-hybridized carbons (Fsp3) is 0.417. The number of carbonyl (C=O) groups is 1. The Morgan fingerprint density at radius 2 is 2.18 bits per heavy atom. The van der Waals surface area contributed by atoms with E-state index in [9.17, 15) is 9.18 Å². The second-order valence-electron chi connectivity index (χ2n) is 3.81. The molecule has 1 aromatic rings. The molecular formula is C12H15ClFNO2. The Morgan fingerprint density at radius 3 is 2.82 bits per heavy atom. The summed E-state index contributed by atoms with van der Waals surface area (Å²) in [4.78, 5) is 11.5. The lowest BCUT2D eigenvalue weighted by atomic mass is 10.2. The monoisotopic (exact) mass is 259 g/mol. The maximum atomic E-state index is 13.1. The topological polar surface area (TPSA) is 49.3 Å². The molecule has 1 amide bonds. The molecule has 3 nitrogen and oxygen atoms in total. The second-order valence-corrected chi connectivity index (χ2v) is 4.22. The minimum absolute atomic E-state index is 0.0731. The van der Waals surface area contributed by atoms with E-state index in [-0.39, 0.29) is 17.5 Å². The van der Waals surface area contributed by atoms with Gasteiger partial charge in [0, 0.05) is 13.0 Å². The van der Waals surface area contributed by atoms with Gasteiger partial charge >= 0.3 is 0 Å². The molecule has 0 bridgehead atoms. The zero-order valence-corrected chi connectivity index (χ0v) is 10.4. The fourth-order valence-corrected chi connectivity index (χ4v) is 1.56. The van der Waals surface area contributed by atoms with Crippen LogP contribution in [0.2, 0.25) is 5.02 Å². The van der Waals surface area contributed by atoms with E-state index >= 15 is 0 Å². The summed E-state index contributed by atoms with van der Waals surface area (Å²) in [6.07, 6.45) is 1.51. The number of rotatable bonds is 5. The average Bonchev–Trinajstić information content (AvgIpc) is 2.26. The van der Waals surface area contributed by atoms with Crippen molar-refractivity contribution in [3.05, 3.63) is 28.5 Å². The number of benzene rings is 1. The van der Waals surface area contributed by atoms with E-state index in [0.29, 0.717) is 30.5 Å². The van der Waals surface area contributed by atoms with E-state index in [4.69, 9.17) is 16.7 Å². The molecule has 0 fully saturated rings. The molecule has 0 aliphatic heterocycles. The lowest BCUT2D eigenvalue weighted by molar-refractivity contribution is -0.116. The van der Waals surface area contributed by atoms with Crippen molar-refractivity contribution < 1.29 is 14.3 Å². The predicted octanol–water partition coefficient (Wildman–Crippen LogP) is 2.89. The lowest BCUT2D eigenvalue weighted by Crippen LogP contribution is -2.12. The maximum absolute atomic E-state index is 13.1. The molecule has 0 heterocycles. The quantitative estimate of drug-likeness (QED) is 0.799. The van der Waals surface area contributed by atoms with E-state index in [1.165, 1.54) is 12.1 Å². The van der Waals surface area contributed by atoms with Crippen molar-refractivity contribution in [2.24, 2.45) is 0 Å². The Kier molecular flexibility index (Phi) is 5.38. The molecule has 0 aliphatic rings. The number of nitrogens with one attached hydrogen (secondary N) is 1. The lowest BCUT2D eigenvalue weighted by Gasteiger charge is -2.08. The van der Waals surface area contributed by atoms with Crippen LogP contribution in [0.4, 0.5) is 10.1 Å². The van der Waals surface area contributed by atoms with Crippen LogP contribution in [-0.2, 0) is 4.79 Å². The Hall–Kier alpha value is -1.13. The first-order valence-corrected chi connectivity index (χ1v) is 5.78. The minimum atomic E-state index is -0.395. The molecule has 0 saturated heterocycles. The van der Waals surface area contributed by atoms with Crippen molar-refractivity contribution in [2.75, 3.05) is 11.9 Å². The summed E-state index contributed by atoms with van der Waals surface area (Å²) in [7, 11) is 0. The third-order valence-corrected chi connectivity index (χ3v) is 2.65. The van der Waals surface area contributed by atoms with E-state index in [0.717, 1.165) is 0 Å². The summed E-state index contributed by atoms with van der Waals surface area (Å²) >= 11 is 5.81. The van der Waals surface area contributed by atoms with Gasteiger partial charge in [-0.2, -0.15) is 0 Å². The number of aliphatic hydroxyl groups is 1. The van der Waals surface area contributed by atoms with Gasteiger partial charge < -0.3 is 10.4 Å². The number of hydrogen-bond acceptors (Lipinski definition) is 2. The molecule has 0 atom stereocenters. The van der Waals surface area contributed by atoms with Crippen LogP contribution >= 0.6 is 11.6 Å². The molecule has 0 unspecified atom stereocenters. The van der Waals surface area contributed by atoms with Gasteiger partial charge in [-0.15, -0.1) is 0 Å². The van der Waals surface area contributed by atoms with Crippen molar-refractivity contribution in [2.45, 2.75) is 26.2 Å². The van der Waals surface area contributed by atoms with Crippen LogP contribution in [-0.4, -0.2) is 17.6 Å². The van der Waals surface area contributed by atoms with Crippen LogP contribution < -0.4 is 5.32 Å². The van der Waals surface area contributed by atoms with Gasteiger partial charge in [-0.3, -0.25) is 4.79 Å². The SMILES string of the molecule is Cc1cc(NC(=O)CCCCO)c(Cl)cc1F. The zero-order chi connectivity index (χ0) is 12.8. The van der Waals surface area contributed by atoms with Crippen LogP contribution in [0.15, 0.2) is 12.1 Å². The molecule has 0 spiro atoms. The molecule has 5 heteroatoms. The third-order valence-electron chi connectivity index (χ3n) is 2.33. The number of halogens is 2. The molecular weight excluding hydrogens is 245 g/mol. The van der Waals surface area contributed by atoms with Gasteiger partial charge in [0.05, 0.1) is 10.7 Å². The summed E-state index contributed by atoms with van der Waals surface area (Å²) in [6.45, 7) is 1.68. The second kappa shape index (κ2) is 6.57. The normalized spacial score (nSPS) is 10.4. The largest absolute Gasteiger partial charge is 0.396 e. The molecule has 2 N–H and O–H groups in total. The molecule has 1 aromatic carbocycles. The number of aliphatic hydroxyl groups excluding tert-OH is 1. The smallest absolute Gasteiger partial charge is 0.224 e. The van der Waals surface area contributed by atoms with Gasteiger partial charge in [-0.25, -0.2) is 4.39 Å². The molecule has 1 rings (SSSR count). The van der Waals surface area contributed by atoms with E-state index in [1.807, 2.05) is 0 Å². The summed E-state index contributed by atoms with van der Waals surface area (Å²) < 4.78 is 13.1. The van der Waals surface area contributed by atoms with Gasteiger partial charge in [-0.1, -0.05) is 11.6 Å².